The molecule has 1 atom stereocenters. The third-order valence-corrected chi connectivity index (χ3v) is 9.89. The fraction of sp³-hybridized carbons (Fsp3) is 0.364. The molecule has 4 rings (SSSR count). The summed E-state index contributed by atoms with van der Waals surface area (Å²) in [7, 11) is -1.98. The Kier molecular flexibility index (Phi) is 11.6. The first kappa shape index (κ1) is 32.8. The second kappa shape index (κ2) is 15.6. The highest BCUT2D eigenvalue weighted by Gasteiger charge is 2.26. The summed E-state index contributed by atoms with van der Waals surface area (Å²) in [6, 6.07) is 22.7. The van der Waals surface area contributed by atoms with Gasteiger partial charge in [-0.25, -0.2) is 17.5 Å². The van der Waals surface area contributed by atoms with Crippen LogP contribution < -0.4 is 10.6 Å². The van der Waals surface area contributed by atoms with E-state index in [1.54, 1.807) is 49.5 Å². The van der Waals surface area contributed by atoms with Gasteiger partial charge in [-0.3, -0.25) is 10.1 Å². The van der Waals surface area contributed by atoms with Gasteiger partial charge in [-0.1, -0.05) is 60.7 Å². The molecule has 0 radical (unpaired) electrons. The van der Waals surface area contributed by atoms with Crippen LogP contribution >= 0.6 is 0 Å². The number of urea groups is 1. The largest absolute Gasteiger partial charge is 0.335 e. The molecular weight excluding hydrogens is 578 g/mol. The van der Waals surface area contributed by atoms with Gasteiger partial charge in [0.2, 0.25) is 10.0 Å². The number of non-ortho nitro benzene ring substituents is 1. The number of hydrogen-bond acceptors (Lipinski definition) is 6. The number of piperidine rings is 1. The standard InChI is InChI=1S/C33H41N5O5S/c1-3-8-26-9-7-10-28(23-26)29(25-36(2)44(42,43)32-11-5-4-6-12-32)17-20-37-21-18-30(19-22-37)35-33(39)34-24-27-13-15-31(16-14-27)38(40)41/h3-7,9-16,23,29-30H,1,8,17-22,24-25H2,2H3,(H2,34,35,39)/t29-/m1/s1. The highest BCUT2D eigenvalue weighted by Crippen LogP contribution is 2.26. The predicted molar refractivity (Wildman–Crippen MR) is 172 cm³/mol. The van der Waals surface area contributed by atoms with Crippen molar-refractivity contribution in [2.45, 2.75) is 49.1 Å². The monoisotopic (exact) mass is 619 g/mol. The number of benzene rings is 3. The maximum Gasteiger partial charge on any atom is 0.315 e. The van der Waals surface area contributed by atoms with E-state index in [4.69, 9.17) is 0 Å². The summed E-state index contributed by atoms with van der Waals surface area (Å²) in [6.07, 6.45) is 5.04. The van der Waals surface area contributed by atoms with Crippen molar-refractivity contribution in [1.82, 2.24) is 19.8 Å². The molecule has 0 aromatic heterocycles. The van der Waals surface area contributed by atoms with Crippen molar-refractivity contribution in [2.75, 3.05) is 33.2 Å². The van der Waals surface area contributed by atoms with E-state index in [-0.39, 0.29) is 35.1 Å². The Morgan fingerprint density at radius 2 is 1.77 bits per heavy atom. The average Bonchev–Trinajstić information content (AvgIpc) is 3.03. The zero-order valence-corrected chi connectivity index (χ0v) is 25.9. The molecule has 44 heavy (non-hydrogen) atoms. The molecule has 0 spiro atoms. The molecule has 0 saturated carbocycles. The van der Waals surface area contributed by atoms with Crippen molar-refractivity contribution in [3.05, 3.63) is 118 Å². The van der Waals surface area contributed by atoms with Crippen LogP contribution in [0.5, 0.6) is 0 Å². The van der Waals surface area contributed by atoms with E-state index < -0.39 is 14.9 Å². The van der Waals surface area contributed by atoms with E-state index in [1.165, 1.54) is 16.4 Å². The van der Waals surface area contributed by atoms with Crippen molar-refractivity contribution < 1.29 is 18.1 Å². The first-order valence-corrected chi connectivity index (χ1v) is 16.3. The number of allylic oxidation sites excluding steroid dienone is 1. The number of nitro groups is 1. The number of carbonyl (C=O) groups excluding carboxylic acids is 1. The lowest BCUT2D eigenvalue weighted by molar-refractivity contribution is -0.384. The highest BCUT2D eigenvalue weighted by atomic mass is 32.2. The zero-order valence-electron chi connectivity index (χ0n) is 25.1. The van der Waals surface area contributed by atoms with Gasteiger partial charge in [-0.2, -0.15) is 0 Å². The van der Waals surface area contributed by atoms with Gasteiger partial charge in [0.15, 0.2) is 0 Å². The fourth-order valence-corrected chi connectivity index (χ4v) is 6.72. The van der Waals surface area contributed by atoms with Crippen LogP contribution in [0.1, 0.15) is 41.9 Å². The lowest BCUT2D eigenvalue weighted by Gasteiger charge is -2.33. The highest BCUT2D eigenvalue weighted by molar-refractivity contribution is 7.89. The lowest BCUT2D eigenvalue weighted by atomic mass is 9.93. The topological polar surface area (TPSA) is 125 Å². The van der Waals surface area contributed by atoms with E-state index in [0.717, 1.165) is 62.0 Å². The smallest absolute Gasteiger partial charge is 0.315 e. The number of nitrogens with one attached hydrogen (secondary N) is 2. The number of sulfonamides is 1. The average molecular weight is 620 g/mol. The molecule has 0 unspecified atom stereocenters. The van der Waals surface area contributed by atoms with Gasteiger partial charge in [0, 0.05) is 51.4 Å². The Morgan fingerprint density at radius 1 is 1.07 bits per heavy atom. The van der Waals surface area contributed by atoms with E-state index in [9.17, 15) is 23.3 Å². The van der Waals surface area contributed by atoms with Crippen molar-refractivity contribution >= 4 is 21.7 Å². The normalized spacial score (nSPS) is 15.0. The summed E-state index contributed by atoms with van der Waals surface area (Å²) in [5.41, 5.74) is 3.06. The molecule has 3 aromatic rings. The van der Waals surface area contributed by atoms with Gasteiger partial charge in [0.25, 0.3) is 5.69 Å². The molecule has 1 heterocycles. The summed E-state index contributed by atoms with van der Waals surface area (Å²) >= 11 is 0. The Balaban J connectivity index is 1.30. The zero-order chi connectivity index (χ0) is 31.5. The maximum absolute atomic E-state index is 13.3. The van der Waals surface area contributed by atoms with E-state index in [1.807, 2.05) is 12.1 Å². The summed E-state index contributed by atoms with van der Waals surface area (Å²) in [5.74, 6) is 0.00398. The van der Waals surface area contributed by atoms with Crippen LogP contribution in [0.4, 0.5) is 10.5 Å². The van der Waals surface area contributed by atoms with Crippen molar-refractivity contribution in [1.29, 1.82) is 0 Å². The maximum atomic E-state index is 13.3. The number of likely N-dealkylation sites (N-methyl/N-ethyl adjacent to an activating group) is 1. The van der Waals surface area contributed by atoms with Crippen LogP contribution in [0.25, 0.3) is 0 Å². The molecule has 1 aliphatic rings. The first-order valence-electron chi connectivity index (χ1n) is 14.9. The molecular formula is C33H41N5O5S. The number of amides is 2. The van der Waals surface area contributed by atoms with Crippen LogP contribution in [0.3, 0.4) is 0 Å². The number of likely N-dealkylation sites (tertiary alicyclic amines) is 1. The molecule has 2 N–H and O–H groups in total. The van der Waals surface area contributed by atoms with Crippen LogP contribution in [-0.4, -0.2) is 67.8 Å². The number of nitro benzene ring substituents is 1. The van der Waals surface area contributed by atoms with Crippen molar-refractivity contribution in [2.24, 2.45) is 0 Å². The molecule has 1 fully saturated rings. The molecule has 234 valence electrons. The minimum Gasteiger partial charge on any atom is -0.335 e. The van der Waals surface area contributed by atoms with Gasteiger partial charge in [0.1, 0.15) is 0 Å². The Labute approximate surface area is 260 Å². The molecule has 1 aliphatic heterocycles. The Bertz CT molecular complexity index is 1510. The SMILES string of the molecule is C=CCc1cccc([C@H](CCN2CCC(NC(=O)NCc3ccc([N+](=O)[O-])cc3)CC2)CN(C)S(=O)(=O)c2ccccc2)c1. The summed E-state index contributed by atoms with van der Waals surface area (Å²) in [5, 5.41) is 16.7. The third-order valence-electron chi connectivity index (χ3n) is 8.05. The second-order valence-corrected chi connectivity index (χ2v) is 13.2. The Hall–Kier alpha value is -4.06. The molecule has 1 saturated heterocycles. The third kappa shape index (κ3) is 9.22. The van der Waals surface area contributed by atoms with Gasteiger partial charge in [0.05, 0.1) is 9.82 Å². The summed E-state index contributed by atoms with van der Waals surface area (Å²) < 4.78 is 28.1. The summed E-state index contributed by atoms with van der Waals surface area (Å²) in [4.78, 5) is 25.5. The summed E-state index contributed by atoms with van der Waals surface area (Å²) in [6.45, 7) is 6.97. The van der Waals surface area contributed by atoms with Crippen molar-refractivity contribution in [3.8, 4) is 0 Å². The van der Waals surface area contributed by atoms with Crippen LogP contribution in [0, 0.1) is 10.1 Å². The first-order chi connectivity index (χ1) is 21.2. The number of carbonyl (C=O) groups is 1. The number of nitrogens with zero attached hydrogens (tertiary/aromatic N) is 3. The number of hydrogen-bond donors (Lipinski definition) is 2. The molecule has 10 nitrogen and oxygen atoms in total. The van der Waals surface area contributed by atoms with Crippen LogP contribution in [0.2, 0.25) is 0 Å². The number of rotatable bonds is 14. The molecule has 11 heteroatoms. The minimum atomic E-state index is -3.62. The van der Waals surface area contributed by atoms with Gasteiger partial charge in [-0.15, -0.1) is 6.58 Å². The van der Waals surface area contributed by atoms with Crippen LogP contribution in [0.15, 0.2) is 96.4 Å². The minimum absolute atomic E-state index is 0.00398. The van der Waals surface area contributed by atoms with Gasteiger partial charge in [-0.05, 0) is 67.0 Å². The second-order valence-electron chi connectivity index (χ2n) is 11.2. The molecule has 0 bridgehead atoms. The molecule has 0 aliphatic carbocycles. The van der Waals surface area contributed by atoms with Gasteiger partial charge >= 0.3 is 6.03 Å². The quantitative estimate of drug-likeness (QED) is 0.147. The van der Waals surface area contributed by atoms with Gasteiger partial charge < -0.3 is 15.5 Å². The molecule has 2 amide bonds. The van der Waals surface area contributed by atoms with E-state index >= 15 is 0 Å². The van der Waals surface area contributed by atoms with Crippen LogP contribution in [-0.2, 0) is 23.0 Å². The van der Waals surface area contributed by atoms with Crippen molar-refractivity contribution in [3.63, 3.8) is 0 Å². The van der Waals surface area contributed by atoms with E-state index in [0.29, 0.717) is 6.54 Å². The lowest BCUT2D eigenvalue weighted by Crippen LogP contribution is -2.48. The Morgan fingerprint density at radius 3 is 2.43 bits per heavy atom. The fourth-order valence-electron chi connectivity index (χ4n) is 5.48. The predicted octanol–water partition coefficient (Wildman–Crippen LogP) is 5.08. The molecule has 3 aromatic carbocycles. The van der Waals surface area contributed by atoms with E-state index in [2.05, 4.69) is 40.3 Å².